The normalized spacial score (nSPS) is 12.3. The molecule has 0 bridgehead atoms. The molecule has 0 aromatic heterocycles. The van der Waals surface area contributed by atoms with Gasteiger partial charge < -0.3 is 10.1 Å². The number of nitro groups is 1. The Morgan fingerprint density at radius 3 is 2.56 bits per heavy atom. The lowest BCUT2D eigenvalue weighted by Crippen LogP contribution is -2.15. The molecule has 1 atom stereocenters. The lowest BCUT2D eigenvalue weighted by molar-refractivity contribution is -0.385. The number of para-hydroxylation sites is 1. The Morgan fingerprint density at radius 1 is 1.39 bits per heavy atom. The highest BCUT2D eigenvalue weighted by Crippen LogP contribution is 2.35. The Balaban J connectivity index is 3.13. The summed E-state index contributed by atoms with van der Waals surface area (Å²) in [6, 6.07) is 5.27. The zero-order valence-electron chi connectivity index (χ0n) is 11.3. The highest BCUT2D eigenvalue weighted by atomic mass is 16.6. The number of benzene rings is 1. The molecule has 0 aliphatic heterocycles. The molecule has 18 heavy (non-hydrogen) atoms. The third kappa shape index (κ3) is 3.61. The molecule has 0 saturated carbocycles. The van der Waals surface area contributed by atoms with E-state index in [9.17, 15) is 10.1 Å². The van der Waals surface area contributed by atoms with Crippen molar-refractivity contribution in [3.05, 3.63) is 28.3 Å². The van der Waals surface area contributed by atoms with Crippen molar-refractivity contribution >= 4 is 11.4 Å². The minimum atomic E-state index is -0.400. The van der Waals surface area contributed by atoms with Crippen molar-refractivity contribution in [1.29, 1.82) is 0 Å². The molecular weight excluding hydrogens is 232 g/mol. The fraction of sp³-hybridized carbons (Fsp3) is 0.538. The van der Waals surface area contributed by atoms with Gasteiger partial charge in [0.15, 0.2) is 5.75 Å². The second-order valence-corrected chi connectivity index (χ2v) is 4.53. The average Bonchev–Trinajstić information content (AvgIpc) is 2.27. The van der Waals surface area contributed by atoms with Crippen LogP contribution in [0, 0.1) is 10.1 Å². The van der Waals surface area contributed by atoms with Crippen molar-refractivity contribution < 1.29 is 9.66 Å². The van der Waals surface area contributed by atoms with Crippen LogP contribution < -0.4 is 10.1 Å². The molecule has 1 unspecified atom stereocenters. The fourth-order valence-corrected chi connectivity index (χ4v) is 1.54. The maximum Gasteiger partial charge on any atom is 0.333 e. The molecule has 1 rings (SSSR count). The van der Waals surface area contributed by atoms with Gasteiger partial charge in [-0.05, 0) is 39.3 Å². The molecule has 0 aliphatic rings. The van der Waals surface area contributed by atoms with Gasteiger partial charge >= 0.3 is 5.69 Å². The summed E-state index contributed by atoms with van der Waals surface area (Å²) in [5.74, 6) is 0.309. The predicted molar refractivity (Wildman–Crippen MR) is 72.2 cm³/mol. The Morgan fingerprint density at radius 2 is 2.06 bits per heavy atom. The second kappa shape index (κ2) is 6.23. The first-order valence-corrected chi connectivity index (χ1v) is 6.16. The van der Waals surface area contributed by atoms with Crippen molar-refractivity contribution in [3.8, 4) is 5.75 Å². The highest BCUT2D eigenvalue weighted by molar-refractivity contribution is 5.68. The maximum atomic E-state index is 11.2. The maximum absolute atomic E-state index is 11.2. The first kappa shape index (κ1) is 14.3. The van der Waals surface area contributed by atoms with Crippen molar-refractivity contribution in [2.45, 2.75) is 46.3 Å². The standard InChI is InChI=1S/C13H20N2O3/c1-5-10(4)14-11-7-6-8-12(18-9(2)3)13(11)15(16)17/h6-10,14H,5H2,1-4H3. The summed E-state index contributed by atoms with van der Waals surface area (Å²) in [4.78, 5) is 10.8. The van der Waals surface area contributed by atoms with Crippen molar-refractivity contribution in [2.24, 2.45) is 0 Å². The molecule has 5 heteroatoms. The Labute approximate surface area is 107 Å². The van der Waals surface area contributed by atoms with Gasteiger partial charge in [-0.2, -0.15) is 0 Å². The Bertz CT molecular complexity index is 419. The minimum absolute atomic E-state index is 0.00602. The van der Waals surface area contributed by atoms with Crippen LogP contribution in [0.2, 0.25) is 0 Å². The van der Waals surface area contributed by atoms with E-state index in [1.807, 2.05) is 27.7 Å². The third-order valence-corrected chi connectivity index (χ3v) is 2.56. The molecule has 1 N–H and O–H groups in total. The number of nitro benzene ring substituents is 1. The zero-order chi connectivity index (χ0) is 13.7. The molecule has 0 aliphatic carbocycles. The molecule has 100 valence electrons. The lowest BCUT2D eigenvalue weighted by Gasteiger charge is -2.16. The SMILES string of the molecule is CCC(C)Nc1cccc(OC(C)C)c1[N+](=O)[O-]. The molecule has 0 amide bonds. The van der Waals surface area contributed by atoms with Crippen LogP contribution in [-0.2, 0) is 0 Å². The van der Waals surface area contributed by atoms with Crippen molar-refractivity contribution in [1.82, 2.24) is 0 Å². The molecule has 0 radical (unpaired) electrons. The summed E-state index contributed by atoms with van der Waals surface area (Å²) in [6.07, 6.45) is 0.800. The third-order valence-electron chi connectivity index (χ3n) is 2.56. The van der Waals surface area contributed by atoms with Gasteiger partial charge in [-0.3, -0.25) is 10.1 Å². The number of rotatable bonds is 6. The van der Waals surface area contributed by atoms with Crippen LogP contribution >= 0.6 is 0 Å². The topological polar surface area (TPSA) is 64.4 Å². The van der Waals surface area contributed by atoms with Crippen LogP contribution in [0.15, 0.2) is 18.2 Å². The van der Waals surface area contributed by atoms with Gasteiger partial charge in [0.1, 0.15) is 5.69 Å². The Hall–Kier alpha value is -1.78. The predicted octanol–water partition coefficient (Wildman–Crippen LogP) is 3.59. The van der Waals surface area contributed by atoms with E-state index in [4.69, 9.17) is 4.74 Å². The zero-order valence-corrected chi connectivity index (χ0v) is 11.3. The van der Waals surface area contributed by atoms with Crippen LogP contribution in [0.4, 0.5) is 11.4 Å². The van der Waals surface area contributed by atoms with Gasteiger partial charge in [-0.25, -0.2) is 0 Å². The van der Waals surface area contributed by atoms with Gasteiger partial charge in [0, 0.05) is 6.04 Å². The first-order valence-electron chi connectivity index (χ1n) is 6.16. The van der Waals surface area contributed by atoms with Crippen LogP contribution in [0.1, 0.15) is 34.1 Å². The largest absolute Gasteiger partial charge is 0.484 e. The van der Waals surface area contributed by atoms with Crippen LogP contribution in [0.3, 0.4) is 0 Å². The summed E-state index contributed by atoms with van der Waals surface area (Å²) in [5, 5.41) is 14.3. The summed E-state index contributed by atoms with van der Waals surface area (Å²) in [6.45, 7) is 7.70. The second-order valence-electron chi connectivity index (χ2n) is 4.53. The number of anilines is 1. The summed E-state index contributed by atoms with van der Waals surface area (Å²) < 4.78 is 5.48. The molecule has 1 aromatic carbocycles. The quantitative estimate of drug-likeness (QED) is 0.620. The number of ether oxygens (including phenoxy) is 1. The minimum Gasteiger partial charge on any atom is -0.484 e. The highest BCUT2D eigenvalue weighted by Gasteiger charge is 2.22. The summed E-state index contributed by atoms with van der Waals surface area (Å²) in [5.41, 5.74) is 0.513. The number of hydrogen-bond acceptors (Lipinski definition) is 4. The van der Waals surface area contributed by atoms with Crippen LogP contribution in [-0.4, -0.2) is 17.1 Å². The first-order chi connectivity index (χ1) is 8.45. The van der Waals surface area contributed by atoms with E-state index in [1.165, 1.54) is 0 Å². The van der Waals surface area contributed by atoms with Crippen LogP contribution in [0.25, 0.3) is 0 Å². The number of nitrogens with one attached hydrogen (secondary N) is 1. The number of nitrogens with zero attached hydrogens (tertiary/aromatic N) is 1. The van der Waals surface area contributed by atoms with Crippen molar-refractivity contribution in [3.63, 3.8) is 0 Å². The van der Waals surface area contributed by atoms with E-state index < -0.39 is 4.92 Å². The monoisotopic (exact) mass is 252 g/mol. The van der Waals surface area contributed by atoms with Crippen LogP contribution in [0.5, 0.6) is 5.75 Å². The fourth-order valence-electron chi connectivity index (χ4n) is 1.54. The van der Waals surface area contributed by atoms with Gasteiger partial charge in [0.25, 0.3) is 0 Å². The Kier molecular flexibility index (Phi) is 4.95. The van der Waals surface area contributed by atoms with Gasteiger partial charge in [0.05, 0.1) is 11.0 Å². The molecule has 1 aromatic rings. The molecular formula is C13H20N2O3. The molecule has 0 saturated heterocycles. The van der Waals surface area contributed by atoms with Gasteiger partial charge in [-0.1, -0.05) is 13.0 Å². The molecule has 0 spiro atoms. The van der Waals surface area contributed by atoms with Gasteiger partial charge in [-0.15, -0.1) is 0 Å². The van der Waals surface area contributed by atoms with Crippen molar-refractivity contribution in [2.75, 3.05) is 5.32 Å². The van der Waals surface area contributed by atoms with E-state index in [1.54, 1.807) is 18.2 Å². The molecule has 0 fully saturated rings. The lowest BCUT2D eigenvalue weighted by atomic mass is 10.2. The average molecular weight is 252 g/mol. The van der Waals surface area contributed by atoms with E-state index >= 15 is 0 Å². The van der Waals surface area contributed by atoms with E-state index in [0.717, 1.165) is 6.42 Å². The number of hydrogen-bond donors (Lipinski definition) is 1. The molecule has 0 heterocycles. The van der Waals surface area contributed by atoms with E-state index in [2.05, 4.69) is 5.32 Å². The van der Waals surface area contributed by atoms with Gasteiger partial charge in [0.2, 0.25) is 0 Å². The summed E-state index contributed by atoms with van der Waals surface area (Å²) >= 11 is 0. The van der Waals surface area contributed by atoms with E-state index in [0.29, 0.717) is 11.4 Å². The smallest absolute Gasteiger partial charge is 0.333 e. The molecule has 5 nitrogen and oxygen atoms in total. The summed E-state index contributed by atoms with van der Waals surface area (Å²) in [7, 11) is 0. The van der Waals surface area contributed by atoms with E-state index in [-0.39, 0.29) is 17.8 Å².